The molecule has 0 aliphatic rings. The molecule has 0 fully saturated rings. The Morgan fingerprint density at radius 3 is 2.88 bits per heavy atom. The van der Waals surface area contributed by atoms with Crippen molar-refractivity contribution in [2.24, 2.45) is 0 Å². The number of carbonyl (C=O) groups excluding carboxylic acids is 1. The zero-order valence-corrected chi connectivity index (χ0v) is 14.5. The van der Waals surface area contributed by atoms with Gasteiger partial charge in [-0.25, -0.2) is 4.79 Å². The molecule has 122 valence electrons. The second kappa shape index (κ2) is 6.88. The quantitative estimate of drug-likeness (QED) is 0.639. The van der Waals surface area contributed by atoms with E-state index in [0.29, 0.717) is 16.9 Å². The Morgan fingerprint density at radius 1 is 1.29 bits per heavy atom. The molecule has 0 saturated carbocycles. The number of fused-ring (bicyclic) bond motifs is 1. The number of hydrogen-bond donors (Lipinski definition) is 2. The largest absolute Gasteiger partial charge is 0.508 e. The number of phenols is 1. The topological polar surface area (TPSA) is 71.5 Å². The number of anilines is 2. The lowest BCUT2D eigenvalue weighted by Gasteiger charge is -2.14. The smallest absolute Gasteiger partial charge is 0.341 e. The zero-order chi connectivity index (χ0) is 17.1. The van der Waals surface area contributed by atoms with E-state index in [2.05, 4.69) is 26.2 Å². The molecule has 3 rings (SSSR count). The number of aromatic nitrogens is 1. The molecule has 3 aromatic rings. The van der Waals surface area contributed by atoms with Gasteiger partial charge < -0.3 is 15.2 Å². The number of ether oxygens (including phenoxy) is 1. The summed E-state index contributed by atoms with van der Waals surface area (Å²) >= 11 is 3.44. The highest BCUT2D eigenvalue weighted by Gasteiger charge is 2.17. The van der Waals surface area contributed by atoms with Crippen molar-refractivity contribution in [2.45, 2.75) is 6.92 Å². The van der Waals surface area contributed by atoms with Crippen LogP contribution in [0, 0.1) is 0 Å². The van der Waals surface area contributed by atoms with Crippen molar-refractivity contribution in [1.82, 2.24) is 4.98 Å². The Labute approximate surface area is 147 Å². The molecule has 0 radical (unpaired) electrons. The van der Waals surface area contributed by atoms with Gasteiger partial charge in [-0.2, -0.15) is 0 Å². The summed E-state index contributed by atoms with van der Waals surface area (Å²) in [7, 11) is 0. The highest BCUT2D eigenvalue weighted by atomic mass is 79.9. The van der Waals surface area contributed by atoms with Crippen LogP contribution in [-0.4, -0.2) is 22.7 Å². The average molecular weight is 387 g/mol. The lowest BCUT2D eigenvalue weighted by molar-refractivity contribution is 0.0527. The summed E-state index contributed by atoms with van der Waals surface area (Å²) in [6.07, 6.45) is 1.50. The maximum atomic E-state index is 12.3. The summed E-state index contributed by atoms with van der Waals surface area (Å²) in [5.41, 5.74) is 2.33. The SMILES string of the molecule is CCOC(=O)c1cnc2ccc(Br)cc2c1Nc1cccc(O)c1. The molecule has 24 heavy (non-hydrogen) atoms. The van der Waals surface area contributed by atoms with Crippen molar-refractivity contribution in [3.8, 4) is 5.75 Å². The predicted octanol–water partition coefficient (Wildman–Crippen LogP) is 4.62. The first-order valence-electron chi connectivity index (χ1n) is 7.40. The Hall–Kier alpha value is -2.60. The van der Waals surface area contributed by atoms with E-state index >= 15 is 0 Å². The molecule has 2 aromatic carbocycles. The summed E-state index contributed by atoms with van der Waals surface area (Å²) in [6, 6.07) is 12.3. The van der Waals surface area contributed by atoms with E-state index < -0.39 is 5.97 Å². The number of phenolic OH excluding ortho intramolecular Hbond substituents is 1. The number of nitrogens with zero attached hydrogens (tertiary/aromatic N) is 1. The maximum absolute atomic E-state index is 12.3. The van der Waals surface area contributed by atoms with Crippen LogP contribution in [0.25, 0.3) is 10.9 Å². The number of pyridine rings is 1. The number of nitrogens with one attached hydrogen (secondary N) is 1. The first-order valence-corrected chi connectivity index (χ1v) is 8.19. The van der Waals surface area contributed by atoms with Gasteiger partial charge in [0.15, 0.2) is 0 Å². The van der Waals surface area contributed by atoms with Crippen molar-refractivity contribution in [3.05, 3.63) is 58.7 Å². The molecule has 0 amide bonds. The fraction of sp³-hybridized carbons (Fsp3) is 0.111. The van der Waals surface area contributed by atoms with Gasteiger partial charge in [0.05, 0.1) is 17.8 Å². The number of esters is 1. The van der Waals surface area contributed by atoms with Crippen LogP contribution in [0.4, 0.5) is 11.4 Å². The summed E-state index contributed by atoms with van der Waals surface area (Å²) in [4.78, 5) is 16.6. The Morgan fingerprint density at radius 2 is 2.12 bits per heavy atom. The fourth-order valence-corrected chi connectivity index (χ4v) is 2.75. The molecule has 5 nitrogen and oxygen atoms in total. The third kappa shape index (κ3) is 3.33. The molecular formula is C18H15BrN2O3. The normalized spacial score (nSPS) is 10.6. The monoisotopic (exact) mass is 386 g/mol. The van der Waals surface area contributed by atoms with E-state index in [1.54, 1.807) is 31.2 Å². The van der Waals surface area contributed by atoms with Crippen LogP contribution >= 0.6 is 15.9 Å². The average Bonchev–Trinajstić information content (AvgIpc) is 2.55. The van der Waals surface area contributed by atoms with Gasteiger partial charge >= 0.3 is 5.97 Å². The number of halogens is 1. The lowest BCUT2D eigenvalue weighted by atomic mass is 10.1. The molecule has 0 atom stereocenters. The van der Waals surface area contributed by atoms with Gasteiger partial charge in [0.25, 0.3) is 0 Å². The maximum Gasteiger partial charge on any atom is 0.341 e. The van der Waals surface area contributed by atoms with Crippen molar-refractivity contribution in [1.29, 1.82) is 0 Å². The molecule has 2 N–H and O–H groups in total. The van der Waals surface area contributed by atoms with Crippen LogP contribution in [0.5, 0.6) is 5.75 Å². The number of hydrogen-bond acceptors (Lipinski definition) is 5. The number of aromatic hydroxyl groups is 1. The van der Waals surface area contributed by atoms with E-state index in [-0.39, 0.29) is 12.4 Å². The Kier molecular flexibility index (Phi) is 4.66. The number of carbonyl (C=O) groups is 1. The Bertz CT molecular complexity index is 912. The van der Waals surface area contributed by atoms with Crippen LogP contribution in [0.15, 0.2) is 53.1 Å². The molecule has 1 aromatic heterocycles. The summed E-state index contributed by atoms with van der Waals surface area (Å²) < 4.78 is 6.00. The molecule has 0 bridgehead atoms. The van der Waals surface area contributed by atoms with Crippen LogP contribution in [0.1, 0.15) is 17.3 Å². The van der Waals surface area contributed by atoms with Gasteiger partial charge in [-0.05, 0) is 37.3 Å². The van der Waals surface area contributed by atoms with Crippen LogP contribution in [0.3, 0.4) is 0 Å². The van der Waals surface area contributed by atoms with Gasteiger partial charge in [-0.1, -0.05) is 22.0 Å². The highest BCUT2D eigenvalue weighted by molar-refractivity contribution is 9.10. The second-order valence-corrected chi connectivity index (χ2v) is 6.02. The van der Waals surface area contributed by atoms with E-state index in [9.17, 15) is 9.90 Å². The highest BCUT2D eigenvalue weighted by Crippen LogP contribution is 2.32. The molecule has 0 saturated heterocycles. The molecular weight excluding hydrogens is 372 g/mol. The van der Waals surface area contributed by atoms with Crippen molar-refractivity contribution in [3.63, 3.8) is 0 Å². The third-order valence-corrected chi connectivity index (χ3v) is 3.93. The van der Waals surface area contributed by atoms with Crippen LogP contribution < -0.4 is 5.32 Å². The molecule has 1 heterocycles. The van der Waals surface area contributed by atoms with E-state index in [1.807, 2.05) is 18.2 Å². The van der Waals surface area contributed by atoms with Crippen molar-refractivity contribution >= 4 is 44.2 Å². The minimum Gasteiger partial charge on any atom is -0.508 e. The molecule has 6 heteroatoms. The zero-order valence-electron chi connectivity index (χ0n) is 12.9. The van der Waals surface area contributed by atoms with Gasteiger partial charge in [0.2, 0.25) is 0 Å². The third-order valence-electron chi connectivity index (χ3n) is 3.44. The van der Waals surface area contributed by atoms with Crippen LogP contribution in [-0.2, 0) is 4.74 Å². The van der Waals surface area contributed by atoms with Crippen molar-refractivity contribution in [2.75, 3.05) is 11.9 Å². The first-order chi connectivity index (χ1) is 11.6. The number of rotatable bonds is 4. The molecule has 0 aliphatic heterocycles. The lowest BCUT2D eigenvalue weighted by Crippen LogP contribution is -2.09. The second-order valence-electron chi connectivity index (χ2n) is 5.10. The first kappa shape index (κ1) is 16.3. The summed E-state index contributed by atoms with van der Waals surface area (Å²) in [6.45, 7) is 2.03. The predicted molar refractivity (Wildman–Crippen MR) is 96.8 cm³/mol. The Balaban J connectivity index is 2.18. The van der Waals surface area contributed by atoms with Crippen LogP contribution in [0.2, 0.25) is 0 Å². The van der Waals surface area contributed by atoms with Crippen molar-refractivity contribution < 1.29 is 14.6 Å². The minimum absolute atomic E-state index is 0.136. The number of benzene rings is 2. The van der Waals surface area contributed by atoms with E-state index in [0.717, 1.165) is 15.4 Å². The van der Waals surface area contributed by atoms with Gasteiger partial charge in [0.1, 0.15) is 11.3 Å². The van der Waals surface area contributed by atoms with E-state index in [4.69, 9.17) is 4.74 Å². The summed E-state index contributed by atoms with van der Waals surface area (Å²) in [5, 5.41) is 13.6. The van der Waals surface area contributed by atoms with Gasteiger partial charge in [-0.15, -0.1) is 0 Å². The van der Waals surface area contributed by atoms with E-state index in [1.165, 1.54) is 6.20 Å². The summed E-state index contributed by atoms with van der Waals surface area (Å²) in [5.74, 6) is -0.313. The molecule has 0 unspecified atom stereocenters. The molecule has 0 aliphatic carbocycles. The molecule has 0 spiro atoms. The van der Waals surface area contributed by atoms with Gasteiger partial charge in [-0.3, -0.25) is 4.98 Å². The standard InChI is InChI=1S/C18H15BrN2O3/c1-2-24-18(23)15-10-20-16-7-6-11(19)8-14(16)17(15)21-12-4-3-5-13(22)9-12/h3-10,22H,2H2,1H3,(H,20,21). The minimum atomic E-state index is -0.450. The van der Waals surface area contributed by atoms with Gasteiger partial charge in [0, 0.05) is 27.8 Å². The fourth-order valence-electron chi connectivity index (χ4n) is 2.39.